The Morgan fingerprint density at radius 3 is 2.42 bits per heavy atom. The van der Waals surface area contributed by atoms with Crippen LogP contribution in [0.15, 0.2) is 0 Å². The topological polar surface area (TPSA) is 21.3 Å². The Balaban J connectivity index is 3.13. The lowest BCUT2D eigenvalue weighted by Gasteiger charge is -2.13. The van der Waals surface area contributed by atoms with E-state index in [1.807, 2.05) is 0 Å². The third-order valence-electron chi connectivity index (χ3n) is 1.80. The molecule has 0 heterocycles. The van der Waals surface area contributed by atoms with Gasteiger partial charge in [0.2, 0.25) is 0 Å². The average molecular weight is 173 g/mol. The molecular weight excluding hydrogens is 150 g/mol. The minimum atomic E-state index is 0.372. The Morgan fingerprint density at radius 2 is 1.92 bits per heavy atom. The van der Waals surface area contributed by atoms with E-state index in [9.17, 15) is 0 Å². The Bertz CT molecular complexity index is 93.8. The van der Waals surface area contributed by atoms with Gasteiger partial charge in [0, 0.05) is 6.61 Å². The molecule has 0 saturated heterocycles. The SMILES string of the molecule is CCNCC(C)CCOC(C)C. The summed E-state index contributed by atoms with van der Waals surface area (Å²) in [4.78, 5) is 0. The summed E-state index contributed by atoms with van der Waals surface area (Å²) in [6, 6.07) is 0. The number of rotatable bonds is 7. The highest BCUT2D eigenvalue weighted by molar-refractivity contribution is 4.55. The molecule has 0 amide bonds. The van der Waals surface area contributed by atoms with Gasteiger partial charge in [0.25, 0.3) is 0 Å². The molecule has 0 aliphatic carbocycles. The van der Waals surface area contributed by atoms with Crippen LogP contribution in [0.1, 0.15) is 34.1 Å². The van der Waals surface area contributed by atoms with Gasteiger partial charge in [-0.25, -0.2) is 0 Å². The summed E-state index contributed by atoms with van der Waals surface area (Å²) in [5.41, 5.74) is 0. The molecule has 2 heteroatoms. The van der Waals surface area contributed by atoms with E-state index in [-0.39, 0.29) is 0 Å². The second kappa shape index (κ2) is 7.56. The highest BCUT2D eigenvalue weighted by Gasteiger charge is 2.01. The molecule has 2 nitrogen and oxygen atoms in total. The second-order valence-electron chi connectivity index (χ2n) is 3.62. The lowest BCUT2D eigenvalue weighted by atomic mass is 10.1. The highest BCUT2D eigenvalue weighted by Crippen LogP contribution is 2.01. The fourth-order valence-electron chi connectivity index (χ4n) is 0.998. The van der Waals surface area contributed by atoms with Crippen LogP contribution in [0.5, 0.6) is 0 Å². The number of hydrogen-bond donors (Lipinski definition) is 1. The van der Waals surface area contributed by atoms with Gasteiger partial charge in [-0.05, 0) is 39.3 Å². The molecule has 1 N–H and O–H groups in total. The molecule has 0 spiro atoms. The molecule has 0 aromatic heterocycles. The van der Waals surface area contributed by atoms with Gasteiger partial charge in [-0.15, -0.1) is 0 Å². The zero-order chi connectivity index (χ0) is 9.40. The first-order chi connectivity index (χ1) is 5.66. The third kappa shape index (κ3) is 8.02. The standard InChI is InChI=1S/C10H23NO/c1-5-11-8-10(4)6-7-12-9(2)3/h9-11H,5-8H2,1-4H3. The Morgan fingerprint density at radius 1 is 1.25 bits per heavy atom. The largest absolute Gasteiger partial charge is 0.379 e. The van der Waals surface area contributed by atoms with Crippen LogP contribution in [0.4, 0.5) is 0 Å². The molecule has 0 aromatic carbocycles. The molecule has 12 heavy (non-hydrogen) atoms. The maximum atomic E-state index is 5.46. The van der Waals surface area contributed by atoms with E-state index in [0.29, 0.717) is 6.10 Å². The van der Waals surface area contributed by atoms with E-state index >= 15 is 0 Å². The van der Waals surface area contributed by atoms with E-state index in [0.717, 1.165) is 32.0 Å². The van der Waals surface area contributed by atoms with Crippen LogP contribution >= 0.6 is 0 Å². The van der Waals surface area contributed by atoms with Crippen LogP contribution < -0.4 is 5.32 Å². The molecule has 0 fully saturated rings. The summed E-state index contributed by atoms with van der Waals surface area (Å²) in [7, 11) is 0. The van der Waals surface area contributed by atoms with Crippen molar-refractivity contribution in [2.24, 2.45) is 5.92 Å². The fourth-order valence-corrected chi connectivity index (χ4v) is 0.998. The monoisotopic (exact) mass is 173 g/mol. The van der Waals surface area contributed by atoms with Gasteiger partial charge in [-0.2, -0.15) is 0 Å². The van der Waals surface area contributed by atoms with Crippen LogP contribution in [0, 0.1) is 5.92 Å². The third-order valence-corrected chi connectivity index (χ3v) is 1.80. The number of ether oxygens (including phenoxy) is 1. The van der Waals surface area contributed by atoms with Gasteiger partial charge >= 0.3 is 0 Å². The summed E-state index contributed by atoms with van der Waals surface area (Å²) in [6.45, 7) is 11.6. The summed E-state index contributed by atoms with van der Waals surface area (Å²) >= 11 is 0. The predicted octanol–water partition coefficient (Wildman–Crippen LogP) is 2.05. The van der Waals surface area contributed by atoms with Crippen LogP contribution in [-0.2, 0) is 4.74 Å². The van der Waals surface area contributed by atoms with Crippen molar-refractivity contribution in [1.82, 2.24) is 5.32 Å². The molecule has 1 unspecified atom stereocenters. The van der Waals surface area contributed by atoms with Crippen molar-refractivity contribution in [1.29, 1.82) is 0 Å². The molecule has 0 saturated carbocycles. The Kier molecular flexibility index (Phi) is 7.51. The van der Waals surface area contributed by atoms with Crippen molar-refractivity contribution in [3.05, 3.63) is 0 Å². The molecular formula is C10H23NO. The van der Waals surface area contributed by atoms with E-state index < -0.39 is 0 Å². The molecule has 0 aromatic rings. The predicted molar refractivity (Wildman–Crippen MR) is 53.4 cm³/mol. The average Bonchev–Trinajstić information content (AvgIpc) is 2.00. The van der Waals surface area contributed by atoms with Crippen molar-refractivity contribution in [3.8, 4) is 0 Å². The van der Waals surface area contributed by atoms with Gasteiger partial charge in [0.1, 0.15) is 0 Å². The molecule has 0 radical (unpaired) electrons. The van der Waals surface area contributed by atoms with Gasteiger partial charge in [-0.3, -0.25) is 0 Å². The van der Waals surface area contributed by atoms with E-state index in [1.165, 1.54) is 0 Å². The Hall–Kier alpha value is -0.0800. The smallest absolute Gasteiger partial charge is 0.0518 e. The first kappa shape index (κ1) is 11.9. The first-order valence-corrected chi connectivity index (χ1v) is 4.99. The highest BCUT2D eigenvalue weighted by atomic mass is 16.5. The van der Waals surface area contributed by atoms with Gasteiger partial charge in [0.05, 0.1) is 6.10 Å². The molecule has 0 rings (SSSR count). The summed E-state index contributed by atoms with van der Waals surface area (Å²) in [6.07, 6.45) is 1.53. The minimum absolute atomic E-state index is 0.372. The van der Waals surface area contributed by atoms with Crippen LogP contribution in [0.2, 0.25) is 0 Å². The molecule has 0 bridgehead atoms. The maximum absolute atomic E-state index is 5.46. The Labute approximate surface area is 76.7 Å². The van der Waals surface area contributed by atoms with Gasteiger partial charge < -0.3 is 10.1 Å². The van der Waals surface area contributed by atoms with Crippen molar-refractivity contribution in [3.63, 3.8) is 0 Å². The molecule has 1 atom stereocenters. The second-order valence-corrected chi connectivity index (χ2v) is 3.62. The van der Waals surface area contributed by atoms with E-state index in [4.69, 9.17) is 4.74 Å². The maximum Gasteiger partial charge on any atom is 0.0518 e. The lowest BCUT2D eigenvalue weighted by Crippen LogP contribution is -2.21. The van der Waals surface area contributed by atoms with E-state index in [1.54, 1.807) is 0 Å². The summed E-state index contributed by atoms with van der Waals surface area (Å²) < 4.78 is 5.46. The van der Waals surface area contributed by atoms with Gasteiger partial charge in [-0.1, -0.05) is 13.8 Å². The van der Waals surface area contributed by atoms with Crippen molar-refractivity contribution >= 4 is 0 Å². The van der Waals surface area contributed by atoms with Crippen LogP contribution in [0.3, 0.4) is 0 Å². The fraction of sp³-hybridized carbons (Fsp3) is 1.00. The zero-order valence-electron chi connectivity index (χ0n) is 8.89. The van der Waals surface area contributed by atoms with Crippen molar-refractivity contribution in [2.45, 2.75) is 40.2 Å². The van der Waals surface area contributed by atoms with Crippen molar-refractivity contribution in [2.75, 3.05) is 19.7 Å². The quantitative estimate of drug-likeness (QED) is 0.636. The number of nitrogens with one attached hydrogen (secondary N) is 1. The first-order valence-electron chi connectivity index (χ1n) is 4.99. The lowest BCUT2D eigenvalue weighted by molar-refractivity contribution is 0.0697. The molecule has 74 valence electrons. The van der Waals surface area contributed by atoms with Crippen molar-refractivity contribution < 1.29 is 4.74 Å². The van der Waals surface area contributed by atoms with E-state index in [2.05, 4.69) is 33.0 Å². The number of hydrogen-bond acceptors (Lipinski definition) is 2. The molecule has 0 aliphatic heterocycles. The minimum Gasteiger partial charge on any atom is -0.379 e. The zero-order valence-corrected chi connectivity index (χ0v) is 8.89. The summed E-state index contributed by atoms with van der Waals surface area (Å²) in [5.74, 6) is 0.726. The van der Waals surface area contributed by atoms with Gasteiger partial charge in [0.15, 0.2) is 0 Å². The van der Waals surface area contributed by atoms with Crippen LogP contribution in [-0.4, -0.2) is 25.8 Å². The molecule has 0 aliphatic rings. The normalized spacial score (nSPS) is 13.8. The summed E-state index contributed by atoms with van der Waals surface area (Å²) in [5, 5.41) is 3.33. The van der Waals surface area contributed by atoms with Crippen LogP contribution in [0.25, 0.3) is 0 Å².